The zero-order valence-electron chi connectivity index (χ0n) is 14.3. The molecule has 0 saturated carbocycles. The van der Waals surface area contributed by atoms with Crippen LogP contribution in [0.15, 0.2) is 36.9 Å². The molecule has 0 spiro atoms. The predicted molar refractivity (Wildman–Crippen MR) is 94.2 cm³/mol. The monoisotopic (exact) mass is 331 g/mol. The fourth-order valence-corrected chi connectivity index (χ4v) is 2.82. The van der Waals surface area contributed by atoms with Crippen LogP contribution in [-0.4, -0.2) is 62.7 Å². The summed E-state index contributed by atoms with van der Waals surface area (Å²) < 4.78 is 4.71. The number of carbonyl (C=O) groups is 2. The molecule has 1 aliphatic heterocycles. The number of piperazine rings is 1. The molecule has 1 atom stereocenters. The largest absolute Gasteiger partial charge is 0.465 e. The van der Waals surface area contributed by atoms with Crippen molar-refractivity contribution >= 4 is 17.6 Å². The molecule has 1 aromatic carbocycles. The Labute approximate surface area is 143 Å². The Morgan fingerprint density at radius 1 is 1.33 bits per heavy atom. The van der Waals surface area contributed by atoms with Crippen molar-refractivity contribution in [2.24, 2.45) is 0 Å². The van der Waals surface area contributed by atoms with Crippen LogP contribution in [-0.2, 0) is 9.53 Å². The van der Waals surface area contributed by atoms with Gasteiger partial charge in [0.15, 0.2) is 0 Å². The molecule has 1 fully saturated rings. The molecule has 2 rings (SSSR count). The number of benzene rings is 1. The van der Waals surface area contributed by atoms with Gasteiger partial charge < -0.3 is 15.0 Å². The standard InChI is InChI=1S/C18H25N3O3/c1-4-9-19-17(22)13-20-10-11-21(12-14(20)2)16-7-5-15(6-8-16)18(23)24-3/h4-8,14H,1,9-13H2,2-3H3,(H,19,22). The van der Waals surface area contributed by atoms with Crippen LogP contribution in [0.5, 0.6) is 0 Å². The van der Waals surface area contributed by atoms with Crippen LogP contribution in [0.4, 0.5) is 5.69 Å². The Hall–Kier alpha value is -2.34. The van der Waals surface area contributed by atoms with E-state index in [0.717, 1.165) is 25.3 Å². The lowest BCUT2D eigenvalue weighted by atomic mass is 10.1. The third-order valence-electron chi connectivity index (χ3n) is 4.21. The van der Waals surface area contributed by atoms with E-state index >= 15 is 0 Å². The van der Waals surface area contributed by atoms with Crippen molar-refractivity contribution in [3.63, 3.8) is 0 Å². The van der Waals surface area contributed by atoms with Crippen molar-refractivity contribution in [3.05, 3.63) is 42.5 Å². The van der Waals surface area contributed by atoms with Gasteiger partial charge in [0.05, 0.1) is 19.2 Å². The Balaban J connectivity index is 1.91. The Bertz CT molecular complexity index is 586. The van der Waals surface area contributed by atoms with E-state index in [4.69, 9.17) is 4.74 Å². The third kappa shape index (κ3) is 4.58. The van der Waals surface area contributed by atoms with Crippen molar-refractivity contribution in [2.75, 3.05) is 44.7 Å². The molecule has 0 aromatic heterocycles. The molecule has 1 saturated heterocycles. The van der Waals surface area contributed by atoms with Gasteiger partial charge in [-0.1, -0.05) is 6.08 Å². The highest BCUT2D eigenvalue weighted by molar-refractivity contribution is 5.89. The zero-order chi connectivity index (χ0) is 17.5. The second kappa shape index (κ2) is 8.49. The summed E-state index contributed by atoms with van der Waals surface area (Å²) in [6, 6.07) is 7.70. The quantitative estimate of drug-likeness (QED) is 0.629. The van der Waals surface area contributed by atoms with Crippen LogP contribution in [0, 0.1) is 0 Å². The van der Waals surface area contributed by atoms with E-state index in [2.05, 4.69) is 28.6 Å². The van der Waals surface area contributed by atoms with Gasteiger partial charge in [-0.15, -0.1) is 6.58 Å². The summed E-state index contributed by atoms with van der Waals surface area (Å²) in [5.74, 6) is -0.303. The number of methoxy groups -OCH3 is 1. The highest BCUT2D eigenvalue weighted by atomic mass is 16.5. The first kappa shape index (κ1) is 18.0. The molecule has 0 radical (unpaired) electrons. The molecule has 1 unspecified atom stereocenters. The van der Waals surface area contributed by atoms with Gasteiger partial charge in [0.2, 0.25) is 5.91 Å². The smallest absolute Gasteiger partial charge is 0.337 e. The lowest BCUT2D eigenvalue weighted by Gasteiger charge is -2.40. The van der Waals surface area contributed by atoms with Crippen molar-refractivity contribution in [3.8, 4) is 0 Å². The normalized spacial score (nSPS) is 18.1. The first-order valence-electron chi connectivity index (χ1n) is 8.10. The summed E-state index contributed by atoms with van der Waals surface area (Å²) in [6.07, 6.45) is 1.68. The minimum Gasteiger partial charge on any atom is -0.465 e. The fourth-order valence-electron chi connectivity index (χ4n) is 2.82. The van der Waals surface area contributed by atoms with Gasteiger partial charge in [0, 0.05) is 37.9 Å². The minimum atomic E-state index is -0.328. The van der Waals surface area contributed by atoms with Gasteiger partial charge in [0.1, 0.15) is 0 Å². The second-order valence-electron chi connectivity index (χ2n) is 5.90. The van der Waals surface area contributed by atoms with Crippen LogP contribution < -0.4 is 10.2 Å². The molecule has 6 heteroatoms. The van der Waals surface area contributed by atoms with E-state index in [1.54, 1.807) is 18.2 Å². The number of rotatable bonds is 6. The summed E-state index contributed by atoms with van der Waals surface area (Å²) in [5, 5.41) is 2.81. The van der Waals surface area contributed by atoms with E-state index in [0.29, 0.717) is 18.7 Å². The van der Waals surface area contributed by atoms with Gasteiger partial charge in [0.25, 0.3) is 0 Å². The second-order valence-corrected chi connectivity index (χ2v) is 5.90. The first-order chi connectivity index (χ1) is 11.5. The molecule has 1 amide bonds. The fraction of sp³-hybridized carbons (Fsp3) is 0.444. The number of carbonyl (C=O) groups excluding carboxylic acids is 2. The molecule has 0 aliphatic carbocycles. The Kier molecular flexibility index (Phi) is 6.37. The first-order valence-corrected chi connectivity index (χ1v) is 8.10. The van der Waals surface area contributed by atoms with Crippen LogP contribution in [0.1, 0.15) is 17.3 Å². The van der Waals surface area contributed by atoms with Gasteiger partial charge >= 0.3 is 5.97 Å². The topological polar surface area (TPSA) is 61.9 Å². The van der Waals surface area contributed by atoms with Crippen molar-refractivity contribution in [1.82, 2.24) is 10.2 Å². The van der Waals surface area contributed by atoms with Crippen LogP contribution in [0.3, 0.4) is 0 Å². The molecule has 1 aliphatic rings. The van der Waals surface area contributed by atoms with E-state index < -0.39 is 0 Å². The number of nitrogens with zero attached hydrogens (tertiary/aromatic N) is 2. The lowest BCUT2D eigenvalue weighted by molar-refractivity contribution is -0.122. The summed E-state index contributed by atoms with van der Waals surface area (Å²) in [7, 11) is 1.38. The summed E-state index contributed by atoms with van der Waals surface area (Å²) >= 11 is 0. The van der Waals surface area contributed by atoms with Crippen molar-refractivity contribution in [1.29, 1.82) is 0 Å². The Morgan fingerprint density at radius 3 is 2.62 bits per heavy atom. The molecule has 1 aromatic rings. The predicted octanol–water partition coefficient (Wildman–Crippen LogP) is 1.29. The zero-order valence-corrected chi connectivity index (χ0v) is 14.3. The van der Waals surface area contributed by atoms with Crippen LogP contribution >= 0.6 is 0 Å². The third-order valence-corrected chi connectivity index (χ3v) is 4.21. The number of hydrogen-bond donors (Lipinski definition) is 1. The number of nitrogens with one attached hydrogen (secondary N) is 1. The van der Waals surface area contributed by atoms with Gasteiger partial charge in [-0.2, -0.15) is 0 Å². The Morgan fingerprint density at radius 2 is 2.04 bits per heavy atom. The molecule has 6 nitrogen and oxygen atoms in total. The van der Waals surface area contributed by atoms with Crippen LogP contribution in [0.2, 0.25) is 0 Å². The van der Waals surface area contributed by atoms with Gasteiger partial charge in [-0.3, -0.25) is 9.69 Å². The average Bonchev–Trinajstić information content (AvgIpc) is 2.61. The number of amides is 1. The maximum absolute atomic E-state index is 11.8. The molecular weight excluding hydrogens is 306 g/mol. The minimum absolute atomic E-state index is 0.0256. The van der Waals surface area contributed by atoms with Gasteiger partial charge in [-0.05, 0) is 31.2 Å². The summed E-state index contributed by atoms with van der Waals surface area (Å²) in [6.45, 7) is 9.13. The number of hydrogen-bond acceptors (Lipinski definition) is 5. The van der Waals surface area contributed by atoms with E-state index in [-0.39, 0.29) is 17.9 Å². The SMILES string of the molecule is C=CCNC(=O)CN1CCN(c2ccc(C(=O)OC)cc2)CC1C. The molecule has 1 heterocycles. The highest BCUT2D eigenvalue weighted by Crippen LogP contribution is 2.20. The number of esters is 1. The van der Waals surface area contributed by atoms with Crippen molar-refractivity contribution < 1.29 is 14.3 Å². The average molecular weight is 331 g/mol. The summed E-state index contributed by atoms with van der Waals surface area (Å²) in [4.78, 5) is 27.8. The highest BCUT2D eigenvalue weighted by Gasteiger charge is 2.25. The van der Waals surface area contributed by atoms with Gasteiger partial charge in [-0.25, -0.2) is 4.79 Å². The molecule has 1 N–H and O–H groups in total. The molecule has 0 bridgehead atoms. The molecule has 24 heavy (non-hydrogen) atoms. The van der Waals surface area contributed by atoms with E-state index in [9.17, 15) is 9.59 Å². The number of ether oxygens (including phenoxy) is 1. The summed E-state index contributed by atoms with van der Waals surface area (Å²) in [5.41, 5.74) is 1.62. The molecule has 130 valence electrons. The maximum atomic E-state index is 11.8. The molecular formula is C18H25N3O3. The lowest BCUT2D eigenvalue weighted by Crippen LogP contribution is -2.54. The van der Waals surface area contributed by atoms with Crippen LogP contribution in [0.25, 0.3) is 0 Å². The number of anilines is 1. The van der Waals surface area contributed by atoms with E-state index in [1.807, 2.05) is 12.1 Å². The van der Waals surface area contributed by atoms with Crippen molar-refractivity contribution in [2.45, 2.75) is 13.0 Å². The maximum Gasteiger partial charge on any atom is 0.337 e. The van der Waals surface area contributed by atoms with E-state index in [1.165, 1.54) is 7.11 Å².